The van der Waals surface area contributed by atoms with E-state index in [1.165, 1.54) is 0 Å². The monoisotopic (exact) mass is 119 g/mol. The van der Waals surface area contributed by atoms with E-state index >= 15 is 0 Å². The number of ether oxygens (including phenoxy) is 1. The van der Waals surface area contributed by atoms with Crippen LogP contribution in [0.4, 0.5) is 0 Å². The van der Waals surface area contributed by atoms with Crippen LogP contribution in [-0.4, -0.2) is 26.5 Å². The molecule has 0 saturated carbocycles. The molecule has 1 atom stereocenters. The third kappa shape index (κ3) is 46.6. The van der Waals surface area contributed by atoms with Gasteiger partial charge < -0.3 is 15.3 Å². The van der Waals surface area contributed by atoms with Crippen molar-refractivity contribution in [2.45, 2.75) is 13.0 Å². The molecule has 0 aromatic rings. The first-order valence-electron chi connectivity index (χ1n) is 2.30. The summed E-state index contributed by atoms with van der Waals surface area (Å²) in [7, 11) is 3.25. The summed E-state index contributed by atoms with van der Waals surface area (Å²) < 4.78 is 4.25. The Balaban J connectivity index is 0. The first kappa shape index (κ1) is 10.5. The Bertz CT molecular complexity index is 45.7. The fraction of sp³-hybridized carbons (Fsp3) is 0.800. The molecule has 0 aromatic carbocycles. The SMILES string of the molecule is CC(N)C=O.COC. The third-order valence-corrected chi connectivity index (χ3v) is 0.215. The number of carbonyl (C=O) groups excluding carboxylic acids is 1. The number of nitrogens with two attached hydrogens (primary N) is 1. The van der Waals surface area contributed by atoms with Gasteiger partial charge >= 0.3 is 0 Å². The van der Waals surface area contributed by atoms with Gasteiger partial charge in [-0.15, -0.1) is 0 Å². The van der Waals surface area contributed by atoms with Crippen LogP contribution >= 0.6 is 0 Å². The predicted octanol–water partition coefficient (Wildman–Crippen LogP) is -0.205. The Labute approximate surface area is 49.8 Å². The first-order chi connectivity index (χ1) is 3.68. The highest BCUT2D eigenvalue weighted by molar-refractivity contribution is 5.55. The molecule has 0 rings (SSSR count). The number of aldehydes is 1. The van der Waals surface area contributed by atoms with Crippen LogP contribution in [-0.2, 0) is 9.53 Å². The molecule has 0 aliphatic heterocycles. The molecule has 0 aliphatic carbocycles. The summed E-state index contributed by atoms with van der Waals surface area (Å²) in [5.74, 6) is 0. The van der Waals surface area contributed by atoms with Crippen LogP contribution in [0.15, 0.2) is 0 Å². The molecule has 3 heteroatoms. The maximum absolute atomic E-state index is 9.38. The molecule has 0 heterocycles. The highest BCUT2D eigenvalue weighted by Gasteiger charge is 1.79. The summed E-state index contributed by atoms with van der Waals surface area (Å²) in [5, 5.41) is 0. The van der Waals surface area contributed by atoms with Gasteiger partial charge in [-0.2, -0.15) is 0 Å². The zero-order valence-corrected chi connectivity index (χ0v) is 5.55. The molecule has 0 amide bonds. The Hall–Kier alpha value is -0.410. The van der Waals surface area contributed by atoms with Gasteiger partial charge in [0.1, 0.15) is 6.29 Å². The van der Waals surface area contributed by atoms with Crippen molar-refractivity contribution >= 4 is 6.29 Å². The molecule has 0 aliphatic rings. The molecule has 0 radical (unpaired) electrons. The Kier molecular flexibility index (Phi) is 12.9. The average molecular weight is 119 g/mol. The maximum atomic E-state index is 9.38. The first-order valence-corrected chi connectivity index (χ1v) is 2.30. The van der Waals surface area contributed by atoms with E-state index in [0.29, 0.717) is 6.29 Å². The van der Waals surface area contributed by atoms with E-state index in [4.69, 9.17) is 5.73 Å². The Morgan fingerprint density at radius 3 is 1.75 bits per heavy atom. The van der Waals surface area contributed by atoms with E-state index in [1.54, 1.807) is 21.1 Å². The largest absolute Gasteiger partial charge is 0.388 e. The van der Waals surface area contributed by atoms with Crippen molar-refractivity contribution in [2.24, 2.45) is 5.73 Å². The van der Waals surface area contributed by atoms with Crippen molar-refractivity contribution in [1.29, 1.82) is 0 Å². The van der Waals surface area contributed by atoms with Crippen molar-refractivity contribution in [3.63, 3.8) is 0 Å². The van der Waals surface area contributed by atoms with Gasteiger partial charge in [-0.3, -0.25) is 0 Å². The highest BCUT2D eigenvalue weighted by Crippen LogP contribution is 1.55. The Morgan fingerprint density at radius 2 is 1.75 bits per heavy atom. The summed E-state index contributed by atoms with van der Waals surface area (Å²) in [4.78, 5) is 9.38. The standard InChI is InChI=1S/C3H7NO.C2H6O/c1-3(4)2-5;1-3-2/h2-3H,4H2,1H3;1-2H3. The van der Waals surface area contributed by atoms with E-state index < -0.39 is 0 Å². The lowest BCUT2D eigenvalue weighted by Gasteiger charge is -1.80. The third-order valence-electron chi connectivity index (χ3n) is 0.215. The van der Waals surface area contributed by atoms with Crippen LogP contribution in [0.5, 0.6) is 0 Å². The summed E-state index contributed by atoms with van der Waals surface area (Å²) in [6.45, 7) is 1.63. The van der Waals surface area contributed by atoms with Crippen LogP contribution in [0.2, 0.25) is 0 Å². The minimum Gasteiger partial charge on any atom is -0.388 e. The summed E-state index contributed by atoms with van der Waals surface area (Å²) in [6, 6.07) is -0.296. The molecule has 0 aromatic heterocycles. The number of methoxy groups -OCH3 is 1. The number of carbonyl (C=O) groups is 1. The normalized spacial score (nSPS) is 11.0. The molecular formula is C5H13NO2. The molecule has 2 N–H and O–H groups in total. The van der Waals surface area contributed by atoms with E-state index in [2.05, 4.69) is 4.74 Å². The number of hydrogen-bond acceptors (Lipinski definition) is 3. The van der Waals surface area contributed by atoms with Crippen molar-refractivity contribution in [2.75, 3.05) is 14.2 Å². The zero-order chi connectivity index (χ0) is 6.99. The minimum atomic E-state index is -0.296. The van der Waals surface area contributed by atoms with Crippen molar-refractivity contribution < 1.29 is 9.53 Å². The van der Waals surface area contributed by atoms with Crippen molar-refractivity contribution in [3.05, 3.63) is 0 Å². The molecule has 1 unspecified atom stereocenters. The van der Waals surface area contributed by atoms with Crippen LogP contribution in [0.25, 0.3) is 0 Å². The maximum Gasteiger partial charge on any atom is 0.136 e. The van der Waals surface area contributed by atoms with Crippen LogP contribution < -0.4 is 5.73 Å². The van der Waals surface area contributed by atoms with E-state index in [1.807, 2.05) is 0 Å². The van der Waals surface area contributed by atoms with Crippen LogP contribution in [0, 0.1) is 0 Å². The van der Waals surface area contributed by atoms with Gasteiger partial charge in [-0.25, -0.2) is 0 Å². The second-order valence-corrected chi connectivity index (χ2v) is 1.40. The summed E-state index contributed by atoms with van der Waals surface area (Å²) >= 11 is 0. The van der Waals surface area contributed by atoms with Gasteiger partial charge in [0.2, 0.25) is 0 Å². The molecule has 0 saturated heterocycles. The summed E-state index contributed by atoms with van der Waals surface area (Å²) in [6.07, 6.45) is 0.694. The highest BCUT2D eigenvalue weighted by atomic mass is 16.4. The molecule has 0 bridgehead atoms. The smallest absolute Gasteiger partial charge is 0.136 e. The molecule has 3 nitrogen and oxygen atoms in total. The lowest BCUT2D eigenvalue weighted by molar-refractivity contribution is -0.108. The predicted molar refractivity (Wildman–Crippen MR) is 32.6 cm³/mol. The van der Waals surface area contributed by atoms with Gasteiger partial charge in [-0.1, -0.05) is 0 Å². The lowest BCUT2D eigenvalue weighted by atomic mass is 10.4. The molecule has 50 valence electrons. The minimum absolute atomic E-state index is 0.296. The average Bonchev–Trinajstić information content (AvgIpc) is 1.69. The van der Waals surface area contributed by atoms with Gasteiger partial charge in [0.15, 0.2) is 0 Å². The van der Waals surface area contributed by atoms with Gasteiger partial charge in [0.05, 0.1) is 6.04 Å². The van der Waals surface area contributed by atoms with Crippen molar-refractivity contribution in [3.8, 4) is 0 Å². The fourth-order valence-corrected chi connectivity index (χ4v) is 0. The number of rotatable bonds is 1. The van der Waals surface area contributed by atoms with Gasteiger partial charge in [-0.05, 0) is 6.92 Å². The van der Waals surface area contributed by atoms with Crippen LogP contribution in [0.1, 0.15) is 6.92 Å². The van der Waals surface area contributed by atoms with E-state index in [-0.39, 0.29) is 6.04 Å². The second-order valence-electron chi connectivity index (χ2n) is 1.40. The van der Waals surface area contributed by atoms with Crippen molar-refractivity contribution in [1.82, 2.24) is 0 Å². The number of hydrogen-bond donors (Lipinski definition) is 1. The molecular weight excluding hydrogens is 106 g/mol. The quantitative estimate of drug-likeness (QED) is 0.486. The van der Waals surface area contributed by atoms with E-state index in [0.717, 1.165) is 0 Å². The lowest BCUT2D eigenvalue weighted by Crippen LogP contribution is -2.15. The van der Waals surface area contributed by atoms with Gasteiger partial charge in [0, 0.05) is 14.2 Å². The fourth-order valence-electron chi connectivity index (χ4n) is 0. The second kappa shape index (κ2) is 9.77. The molecule has 8 heavy (non-hydrogen) atoms. The Morgan fingerprint density at radius 1 is 1.62 bits per heavy atom. The zero-order valence-electron chi connectivity index (χ0n) is 5.55. The summed E-state index contributed by atoms with van der Waals surface area (Å²) in [5.41, 5.74) is 4.92. The van der Waals surface area contributed by atoms with Crippen LogP contribution in [0.3, 0.4) is 0 Å². The molecule has 0 spiro atoms. The van der Waals surface area contributed by atoms with Gasteiger partial charge in [0.25, 0.3) is 0 Å². The van der Waals surface area contributed by atoms with E-state index in [9.17, 15) is 4.79 Å². The molecule has 0 fully saturated rings. The topological polar surface area (TPSA) is 52.3 Å².